The number of fused-ring (bicyclic) bond motifs is 1. The van der Waals surface area contributed by atoms with Crippen LogP contribution in [0.15, 0.2) is 41.5 Å². The van der Waals surface area contributed by atoms with Gasteiger partial charge in [0.1, 0.15) is 17.1 Å². The van der Waals surface area contributed by atoms with Crippen LogP contribution < -0.4 is 4.74 Å². The van der Waals surface area contributed by atoms with Gasteiger partial charge in [-0.15, -0.1) is 0 Å². The van der Waals surface area contributed by atoms with E-state index in [0.29, 0.717) is 17.7 Å². The molecule has 0 saturated heterocycles. The molecular weight excluding hydrogens is 300 g/mol. The number of aromatic hydroxyl groups is 1. The first-order valence-corrected chi connectivity index (χ1v) is 8.63. The van der Waals surface area contributed by atoms with E-state index in [1.165, 1.54) is 11.1 Å². The van der Waals surface area contributed by atoms with E-state index in [1.807, 2.05) is 0 Å². The Kier molecular flexibility index (Phi) is 5.87. The summed E-state index contributed by atoms with van der Waals surface area (Å²) in [7, 11) is 0. The van der Waals surface area contributed by atoms with Gasteiger partial charge in [0, 0.05) is 6.07 Å². The van der Waals surface area contributed by atoms with Crippen molar-refractivity contribution >= 4 is 5.78 Å². The van der Waals surface area contributed by atoms with Crippen molar-refractivity contribution in [3.05, 3.63) is 47.1 Å². The molecule has 3 nitrogen and oxygen atoms in total. The SMILES string of the molecule is CC(C)=CCCC1(CCC=C(C)C)CC(=O)c2ccc(O)cc2O1. The predicted octanol–water partition coefficient (Wildman–Crippen LogP) is 5.59. The Hall–Kier alpha value is -2.03. The standard InChI is InChI=1S/C21H28O3/c1-15(2)7-5-11-21(12-6-8-16(3)4)14-19(23)18-10-9-17(22)13-20(18)24-21/h7-10,13,22H,5-6,11-12,14H2,1-4H3. The van der Waals surface area contributed by atoms with Crippen molar-refractivity contribution < 1.29 is 14.6 Å². The summed E-state index contributed by atoms with van der Waals surface area (Å²) in [5.41, 5.74) is 2.63. The maximum Gasteiger partial charge on any atom is 0.170 e. The number of ketones is 1. The third-order valence-electron chi connectivity index (χ3n) is 4.38. The van der Waals surface area contributed by atoms with Gasteiger partial charge in [0.15, 0.2) is 5.78 Å². The molecule has 2 rings (SSSR count). The van der Waals surface area contributed by atoms with Gasteiger partial charge in [-0.25, -0.2) is 0 Å². The Morgan fingerprint density at radius 2 is 1.71 bits per heavy atom. The number of Topliss-reactive ketones (excluding diaryl/α,β-unsaturated/α-hetero) is 1. The second kappa shape index (κ2) is 7.69. The lowest BCUT2D eigenvalue weighted by Crippen LogP contribution is -2.42. The van der Waals surface area contributed by atoms with E-state index in [9.17, 15) is 9.90 Å². The zero-order valence-electron chi connectivity index (χ0n) is 15.2. The summed E-state index contributed by atoms with van der Waals surface area (Å²) in [6.07, 6.45) is 8.16. The summed E-state index contributed by atoms with van der Waals surface area (Å²) in [5, 5.41) is 9.73. The maximum absolute atomic E-state index is 12.6. The van der Waals surface area contributed by atoms with E-state index in [-0.39, 0.29) is 11.5 Å². The van der Waals surface area contributed by atoms with E-state index in [4.69, 9.17) is 4.74 Å². The fourth-order valence-corrected chi connectivity index (χ4v) is 3.13. The van der Waals surface area contributed by atoms with Gasteiger partial charge in [-0.1, -0.05) is 23.3 Å². The summed E-state index contributed by atoms with van der Waals surface area (Å²) in [5.74, 6) is 0.747. The molecule has 0 bridgehead atoms. The van der Waals surface area contributed by atoms with Crippen LogP contribution in [0.1, 0.15) is 70.2 Å². The van der Waals surface area contributed by atoms with Gasteiger partial charge >= 0.3 is 0 Å². The van der Waals surface area contributed by atoms with Crippen molar-refractivity contribution in [1.29, 1.82) is 0 Å². The van der Waals surface area contributed by atoms with Crippen molar-refractivity contribution in [2.24, 2.45) is 0 Å². The Morgan fingerprint density at radius 3 is 2.25 bits per heavy atom. The molecule has 3 heteroatoms. The first-order chi connectivity index (χ1) is 11.3. The highest BCUT2D eigenvalue weighted by molar-refractivity contribution is 6.00. The van der Waals surface area contributed by atoms with Crippen LogP contribution in [0.3, 0.4) is 0 Å². The fraction of sp³-hybridized carbons (Fsp3) is 0.476. The molecule has 1 heterocycles. The molecule has 130 valence electrons. The number of rotatable bonds is 6. The quantitative estimate of drug-likeness (QED) is 0.692. The molecule has 0 saturated carbocycles. The third-order valence-corrected chi connectivity index (χ3v) is 4.38. The van der Waals surface area contributed by atoms with Crippen LogP contribution in [-0.4, -0.2) is 16.5 Å². The van der Waals surface area contributed by atoms with Crippen molar-refractivity contribution in [2.45, 2.75) is 65.4 Å². The summed E-state index contributed by atoms with van der Waals surface area (Å²) in [6.45, 7) is 8.32. The van der Waals surface area contributed by atoms with Gasteiger partial charge in [0.2, 0.25) is 0 Å². The third kappa shape index (κ3) is 4.73. The molecule has 0 spiro atoms. The Balaban J connectivity index is 2.27. The summed E-state index contributed by atoms with van der Waals surface area (Å²) >= 11 is 0. The molecule has 0 radical (unpaired) electrons. The Morgan fingerprint density at radius 1 is 1.12 bits per heavy atom. The minimum atomic E-state index is -0.490. The van der Waals surface area contributed by atoms with Crippen LogP contribution in [0, 0.1) is 0 Å². The normalized spacial score (nSPS) is 15.2. The maximum atomic E-state index is 12.6. The average Bonchev–Trinajstić information content (AvgIpc) is 2.45. The van der Waals surface area contributed by atoms with Crippen molar-refractivity contribution in [3.8, 4) is 11.5 Å². The summed E-state index contributed by atoms with van der Waals surface area (Å²) < 4.78 is 6.30. The molecular formula is C21H28O3. The summed E-state index contributed by atoms with van der Waals surface area (Å²) in [6, 6.07) is 4.76. The number of allylic oxidation sites excluding steroid dienone is 4. The van der Waals surface area contributed by atoms with E-state index in [0.717, 1.165) is 25.7 Å². The number of benzene rings is 1. The topological polar surface area (TPSA) is 46.5 Å². The molecule has 0 fully saturated rings. The molecule has 24 heavy (non-hydrogen) atoms. The minimum Gasteiger partial charge on any atom is -0.508 e. The zero-order chi connectivity index (χ0) is 17.7. The first kappa shape index (κ1) is 18.3. The molecule has 1 aromatic carbocycles. The molecule has 0 atom stereocenters. The Bertz CT molecular complexity index is 638. The van der Waals surface area contributed by atoms with Gasteiger partial charge < -0.3 is 9.84 Å². The molecule has 0 aliphatic carbocycles. The van der Waals surface area contributed by atoms with Gasteiger partial charge in [-0.3, -0.25) is 4.79 Å². The number of carbonyl (C=O) groups excluding carboxylic acids is 1. The second-order valence-electron chi connectivity index (χ2n) is 7.21. The Labute approximate surface area is 145 Å². The van der Waals surface area contributed by atoms with Gasteiger partial charge in [-0.2, -0.15) is 0 Å². The monoisotopic (exact) mass is 328 g/mol. The number of phenolic OH excluding ortho intramolecular Hbond substituents is 1. The summed E-state index contributed by atoms with van der Waals surface area (Å²) in [4.78, 5) is 12.6. The molecule has 0 unspecified atom stereocenters. The number of hydrogen-bond acceptors (Lipinski definition) is 3. The highest BCUT2D eigenvalue weighted by atomic mass is 16.5. The molecule has 0 amide bonds. The second-order valence-corrected chi connectivity index (χ2v) is 7.21. The number of carbonyl (C=O) groups is 1. The minimum absolute atomic E-state index is 0.102. The van der Waals surface area contributed by atoms with E-state index < -0.39 is 5.60 Å². The van der Waals surface area contributed by atoms with Gasteiger partial charge in [0.05, 0.1) is 12.0 Å². The highest BCUT2D eigenvalue weighted by Crippen LogP contribution is 2.40. The number of ether oxygens (including phenoxy) is 1. The van der Waals surface area contributed by atoms with Gasteiger partial charge in [-0.05, 0) is 65.5 Å². The van der Waals surface area contributed by atoms with Crippen LogP contribution in [0.5, 0.6) is 11.5 Å². The molecule has 1 aliphatic heterocycles. The predicted molar refractivity (Wildman–Crippen MR) is 97.7 cm³/mol. The molecule has 1 N–H and O–H groups in total. The molecule has 1 aromatic rings. The number of hydrogen-bond donors (Lipinski definition) is 1. The van der Waals surface area contributed by atoms with Crippen LogP contribution >= 0.6 is 0 Å². The van der Waals surface area contributed by atoms with E-state index >= 15 is 0 Å². The molecule has 1 aliphatic rings. The molecule has 0 aromatic heterocycles. The first-order valence-electron chi connectivity index (χ1n) is 8.63. The van der Waals surface area contributed by atoms with Crippen molar-refractivity contribution in [2.75, 3.05) is 0 Å². The van der Waals surface area contributed by atoms with Crippen LogP contribution in [0.2, 0.25) is 0 Å². The van der Waals surface area contributed by atoms with Crippen LogP contribution in [-0.2, 0) is 0 Å². The van der Waals surface area contributed by atoms with E-state index in [1.54, 1.807) is 18.2 Å². The average molecular weight is 328 g/mol. The van der Waals surface area contributed by atoms with Crippen molar-refractivity contribution in [3.63, 3.8) is 0 Å². The largest absolute Gasteiger partial charge is 0.508 e. The van der Waals surface area contributed by atoms with Gasteiger partial charge in [0.25, 0.3) is 0 Å². The lowest BCUT2D eigenvalue weighted by molar-refractivity contribution is 0.0293. The lowest BCUT2D eigenvalue weighted by atomic mass is 9.82. The fourth-order valence-electron chi connectivity index (χ4n) is 3.13. The zero-order valence-corrected chi connectivity index (χ0v) is 15.2. The van der Waals surface area contributed by atoms with Crippen molar-refractivity contribution in [1.82, 2.24) is 0 Å². The number of phenols is 1. The van der Waals surface area contributed by atoms with Crippen LogP contribution in [0.4, 0.5) is 0 Å². The lowest BCUT2D eigenvalue weighted by Gasteiger charge is -2.38. The highest BCUT2D eigenvalue weighted by Gasteiger charge is 2.39. The van der Waals surface area contributed by atoms with E-state index in [2.05, 4.69) is 39.8 Å². The smallest absolute Gasteiger partial charge is 0.170 e. The van der Waals surface area contributed by atoms with Crippen LogP contribution in [0.25, 0.3) is 0 Å².